The Morgan fingerprint density at radius 2 is 1.79 bits per heavy atom. The Morgan fingerprint density at radius 3 is 2.56 bits per heavy atom. The first kappa shape index (κ1) is 20.9. The van der Waals surface area contributed by atoms with Gasteiger partial charge in [-0.15, -0.1) is 0 Å². The average Bonchev–Trinajstić information content (AvgIpc) is 3.28. The second-order valence-corrected chi connectivity index (χ2v) is 9.25. The summed E-state index contributed by atoms with van der Waals surface area (Å²) in [7, 11) is 0. The number of rotatable bonds is 6. The fourth-order valence-electron chi connectivity index (χ4n) is 4.61. The second-order valence-electron chi connectivity index (χ2n) is 8.82. The zero-order chi connectivity index (χ0) is 23.1. The van der Waals surface area contributed by atoms with Crippen LogP contribution in [-0.2, 0) is 10.3 Å². The summed E-state index contributed by atoms with van der Waals surface area (Å²) < 4.78 is 1.98. The molecule has 0 unspecified atom stereocenters. The molecule has 2 fully saturated rings. The van der Waals surface area contributed by atoms with Crippen LogP contribution in [0.2, 0.25) is 5.02 Å². The first-order valence-corrected chi connectivity index (χ1v) is 11.8. The molecular formula is C26H23ClN6O. The number of anilines is 2. The molecule has 0 bridgehead atoms. The van der Waals surface area contributed by atoms with Crippen LogP contribution in [0.15, 0.2) is 79.4 Å². The minimum Gasteiger partial charge on any atom is -0.343 e. The third-order valence-electron chi connectivity index (χ3n) is 6.58. The molecule has 0 spiro atoms. The molecule has 0 radical (unpaired) electrons. The second kappa shape index (κ2) is 8.25. The van der Waals surface area contributed by atoms with E-state index in [0.717, 1.165) is 36.2 Å². The Labute approximate surface area is 202 Å². The number of amides is 1. The Morgan fingerprint density at radius 1 is 1.00 bits per heavy atom. The normalized spacial score (nSPS) is 18.8. The van der Waals surface area contributed by atoms with Gasteiger partial charge in [-0.1, -0.05) is 41.9 Å². The van der Waals surface area contributed by atoms with Crippen LogP contribution in [0.5, 0.6) is 0 Å². The largest absolute Gasteiger partial charge is 0.343 e. The number of imidazole rings is 1. The summed E-state index contributed by atoms with van der Waals surface area (Å²) in [5, 5.41) is 4.20. The minimum atomic E-state index is -0.301. The van der Waals surface area contributed by atoms with Crippen LogP contribution < -0.4 is 10.2 Å². The van der Waals surface area contributed by atoms with Crippen molar-refractivity contribution in [3.8, 4) is 5.69 Å². The number of carbonyl (C=O) groups is 1. The fourth-order valence-corrected chi connectivity index (χ4v) is 4.74. The van der Waals surface area contributed by atoms with E-state index < -0.39 is 0 Å². The summed E-state index contributed by atoms with van der Waals surface area (Å²) in [5.41, 5.74) is 2.75. The molecule has 1 atom stereocenters. The van der Waals surface area contributed by atoms with Gasteiger partial charge >= 0.3 is 0 Å². The molecule has 2 aromatic carbocycles. The maximum Gasteiger partial charge on any atom is 0.228 e. The quantitative estimate of drug-likeness (QED) is 0.414. The molecule has 1 N–H and O–H groups in total. The fraction of sp³-hybridized carbons (Fsp3) is 0.231. The van der Waals surface area contributed by atoms with E-state index in [-0.39, 0.29) is 17.5 Å². The van der Waals surface area contributed by atoms with Crippen molar-refractivity contribution < 1.29 is 4.79 Å². The molecule has 2 aliphatic rings. The highest BCUT2D eigenvalue weighted by Gasteiger charge is 2.47. The van der Waals surface area contributed by atoms with Crippen molar-refractivity contribution in [1.29, 1.82) is 0 Å². The monoisotopic (exact) mass is 470 g/mol. The van der Waals surface area contributed by atoms with Crippen LogP contribution in [0.25, 0.3) is 5.69 Å². The van der Waals surface area contributed by atoms with E-state index in [1.54, 1.807) is 17.2 Å². The van der Waals surface area contributed by atoms with Gasteiger partial charge < -0.3 is 9.88 Å². The van der Waals surface area contributed by atoms with E-state index in [9.17, 15) is 4.79 Å². The summed E-state index contributed by atoms with van der Waals surface area (Å²) in [6.07, 6.45) is 8.72. The van der Waals surface area contributed by atoms with Crippen molar-refractivity contribution in [3.05, 3.63) is 95.7 Å². The molecule has 1 saturated carbocycles. The van der Waals surface area contributed by atoms with E-state index in [2.05, 4.69) is 27.4 Å². The maximum atomic E-state index is 12.8. The lowest BCUT2D eigenvalue weighted by atomic mass is 10.0. The number of carbonyl (C=O) groups excluding carboxylic acids is 1. The van der Waals surface area contributed by atoms with Crippen molar-refractivity contribution in [1.82, 2.24) is 19.5 Å². The van der Waals surface area contributed by atoms with E-state index in [1.165, 1.54) is 0 Å². The number of hydrogen-bond donors (Lipinski definition) is 1. The van der Waals surface area contributed by atoms with Gasteiger partial charge in [0.2, 0.25) is 11.9 Å². The summed E-state index contributed by atoms with van der Waals surface area (Å²) in [4.78, 5) is 28.4. The van der Waals surface area contributed by atoms with E-state index >= 15 is 0 Å². The number of hydrogen-bond acceptors (Lipinski definition) is 5. The lowest BCUT2D eigenvalue weighted by Crippen LogP contribution is -2.29. The molecule has 3 heterocycles. The predicted octanol–water partition coefficient (Wildman–Crippen LogP) is 5.29. The van der Waals surface area contributed by atoms with E-state index in [1.807, 2.05) is 59.6 Å². The molecule has 1 aliphatic heterocycles. The molecule has 8 heteroatoms. The van der Waals surface area contributed by atoms with Crippen LogP contribution in [0.3, 0.4) is 0 Å². The van der Waals surface area contributed by atoms with Crippen LogP contribution >= 0.6 is 11.6 Å². The van der Waals surface area contributed by atoms with Gasteiger partial charge in [-0.3, -0.25) is 9.69 Å². The summed E-state index contributed by atoms with van der Waals surface area (Å²) >= 11 is 6.02. The predicted molar refractivity (Wildman–Crippen MR) is 131 cm³/mol. The molecular weight excluding hydrogens is 448 g/mol. The van der Waals surface area contributed by atoms with Crippen molar-refractivity contribution in [2.45, 2.75) is 37.3 Å². The zero-order valence-electron chi connectivity index (χ0n) is 18.4. The number of aromatic nitrogens is 4. The van der Waals surface area contributed by atoms with Gasteiger partial charge in [-0.2, -0.15) is 4.98 Å². The van der Waals surface area contributed by atoms with Gasteiger partial charge in [0.25, 0.3) is 0 Å². The molecule has 4 aromatic rings. The van der Waals surface area contributed by atoms with Crippen molar-refractivity contribution >= 4 is 29.3 Å². The molecule has 170 valence electrons. The first-order chi connectivity index (χ1) is 16.6. The van der Waals surface area contributed by atoms with Gasteiger partial charge in [0, 0.05) is 29.5 Å². The molecule has 6 rings (SSSR count). The standard InChI is InChI=1S/C26H23ClN6O/c27-19-6-8-20(9-7-19)32-16-22(29-17-32)26(13-14-26)31-25-28-15-12-23(30-25)33-21(10-11-24(33)34)18-4-2-1-3-5-18/h1-9,12,15-17,21H,10-11,13-14H2,(H,28,30,31)/t21-/m1/s1. The van der Waals surface area contributed by atoms with Crippen molar-refractivity contribution in [3.63, 3.8) is 0 Å². The van der Waals surface area contributed by atoms with E-state index in [4.69, 9.17) is 16.6 Å². The molecule has 1 amide bonds. The first-order valence-electron chi connectivity index (χ1n) is 11.4. The van der Waals surface area contributed by atoms with Gasteiger partial charge in [0.05, 0.1) is 23.6 Å². The molecule has 7 nitrogen and oxygen atoms in total. The van der Waals surface area contributed by atoms with Gasteiger partial charge in [0.15, 0.2) is 0 Å². The molecule has 2 aromatic heterocycles. The summed E-state index contributed by atoms with van der Waals surface area (Å²) in [6.45, 7) is 0. The van der Waals surface area contributed by atoms with Gasteiger partial charge in [-0.25, -0.2) is 9.97 Å². The lowest BCUT2D eigenvalue weighted by molar-refractivity contribution is -0.117. The summed E-state index contributed by atoms with van der Waals surface area (Å²) in [6, 6.07) is 19.6. The maximum absolute atomic E-state index is 12.8. The Balaban J connectivity index is 1.25. The van der Waals surface area contributed by atoms with Crippen LogP contribution in [0.4, 0.5) is 11.8 Å². The van der Waals surface area contributed by atoms with Crippen LogP contribution in [0.1, 0.15) is 43.0 Å². The smallest absolute Gasteiger partial charge is 0.228 e. The third-order valence-corrected chi connectivity index (χ3v) is 6.83. The Bertz CT molecular complexity index is 1330. The number of benzene rings is 2. The third kappa shape index (κ3) is 3.82. The van der Waals surface area contributed by atoms with E-state index in [0.29, 0.717) is 23.2 Å². The van der Waals surface area contributed by atoms with Crippen molar-refractivity contribution in [2.24, 2.45) is 0 Å². The molecule has 1 aliphatic carbocycles. The van der Waals surface area contributed by atoms with Gasteiger partial charge in [-0.05, 0) is 55.2 Å². The topological polar surface area (TPSA) is 75.9 Å². The van der Waals surface area contributed by atoms with Crippen molar-refractivity contribution in [2.75, 3.05) is 10.2 Å². The summed E-state index contributed by atoms with van der Waals surface area (Å²) in [5.74, 6) is 1.21. The van der Waals surface area contributed by atoms with Crippen LogP contribution in [-0.4, -0.2) is 25.4 Å². The van der Waals surface area contributed by atoms with Crippen LogP contribution in [0, 0.1) is 0 Å². The van der Waals surface area contributed by atoms with Gasteiger partial charge in [0.1, 0.15) is 5.82 Å². The molecule has 34 heavy (non-hydrogen) atoms. The average molecular weight is 471 g/mol. The number of nitrogens with one attached hydrogen (secondary N) is 1. The highest BCUT2D eigenvalue weighted by molar-refractivity contribution is 6.30. The Kier molecular flexibility index (Phi) is 5.07. The zero-order valence-corrected chi connectivity index (χ0v) is 19.2. The Hall–Kier alpha value is -3.71. The number of nitrogens with zero attached hydrogens (tertiary/aromatic N) is 5. The highest BCUT2D eigenvalue weighted by atomic mass is 35.5. The SMILES string of the molecule is O=C1CC[C@H](c2ccccc2)N1c1ccnc(NC2(c3cn(-c4ccc(Cl)cc4)cn3)CC2)n1. The minimum absolute atomic E-state index is 0.0126. The number of halogens is 1. The highest BCUT2D eigenvalue weighted by Crippen LogP contribution is 2.47. The lowest BCUT2D eigenvalue weighted by Gasteiger charge is -2.25. The molecule has 1 saturated heterocycles.